The van der Waals surface area contributed by atoms with E-state index in [9.17, 15) is 14.9 Å². The van der Waals surface area contributed by atoms with Crippen LogP contribution in [0.5, 0.6) is 0 Å². The summed E-state index contributed by atoms with van der Waals surface area (Å²) in [6.45, 7) is 6.70. The van der Waals surface area contributed by atoms with Crippen molar-refractivity contribution in [2.24, 2.45) is 5.10 Å². The topological polar surface area (TPSA) is 97.1 Å². The Labute approximate surface area is 185 Å². The van der Waals surface area contributed by atoms with Crippen LogP contribution in [0.4, 0.5) is 11.4 Å². The van der Waals surface area contributed by atoms with E-state index in [2.05, 4.69) is 47.5 Å². The number of carbonyl (C=O) groups excluding carboxylic acids is 1. The number of nitrogens with one attached hydrogen (secondary N) is 1. The Morgan fingerprint density at radius 2 is 1.94 bits per heavy atom. The summed E-state index contributed by atoms with van der Waals surface area (Å²) in [4.78, 5) is 24.9. The summed E-state index contributed by atoms with van der Waals surface area (Å²) >= 11 is 1.51. The van der Waals surface area contributed by atoms with Crippen molar-refractivity contribution in [3.8, 4) is 0 Å². The van der Waals surface area contributed by atoms with Crippen molar-refractivity contribution in [3.05, 3.63) is 68.8 Å². The molecule has 1 aliphatic rings. The quantitative estimate of drug-likeness (QED) is 0.382. The molecule has 0 saturated carbocycles. The normalized spacial score (nSPS) is 14.1. The lowest BCUT2D eigenvalue weighted by atomic mass is 10.1. The van der Waals surface area contributed by atoms with Gasteiger partial charge in [-0.15, -0.1) is 11.8 Å². The van der Waals surface area contributed by atoms with Crippen molar-refractivity contribution in [3.63, 3.8) is 0 Å². The molecule has 1 aliphatic heterocycles. The van der Waals surface area contributed by atoms with E-state index in [4.69, 9.17) is 4.74 Å². The van der Waals surface area contributed by atoms with Gasteiger partial charge in [0.05, 0.1) is 30.1 Å². The molecule has 0 aromatic heterocycles. The van der Waals surface area contributed by atoms with Crippen LogP contribution < -0.4 is 10.3 Å². The van der Waals surface area contributed by atoms with Gasteiger partial charge in [-0.05, 0) is 25.5 Å². The molecule has 9 heteroatoms. The Kier molecular flexibility index (Phi) is 8.02. The van der Waals surface area contributed by atoms with Gasteiger partial charge in [-0.3, -0.25) is 14.9 Å². The monoisotopic (exact) mass is 442 g/mol. The lowest BCUT2D eigenvalue weighted by Gasteiger charge is -2.29. The lowest BCUT2D eigenvalue weighted by molar-refractivity contribution is -0.384. The van der Waals surface area contributed by atoms with Crippen LogP contribution in [0.25, 0.3) is 0 Å². The van der Waals surface area contributed by atoms with Crippen molar-refractivity contribution in [1.82, 2.24) is 5.43 Å². The highest BCUT2D eigenvalue weighted by molar-refractivity contribution is 7.99. The molecule has 2 aromatic rings. The molecule has 31 heavy (non-hydrogen) atoms. The summed E-state index contributed by atoms with van der Waals surface area (Å²) in [5.74, 6) is 0.797. The molecular formula is C22H26N4O4S. The van der Waals surface area contributed by atoms with Gasteiger partial charge >= 0.3 is 0 Å². The largest absolute Gasteiger partial charge is 0.378 e. The first-order chi connectivity index (χ1) is 14.9. The zero-order valence-corrected chi connectivity index (χ0v) is 18.5. The molecule has 0 aliphatic carbocycles. The minimum Gasteiger partial charge on any atom is -0.378 e. The van der Waals surface area contributed by atoms with Crippen LogP contribution in [0.3, 0.4) is 0 Å². The van der Waals surface area contributed by atoms with Crippen LogP contribution in [0.1, 0.15) is 22.3 Å². The standard InChI is InChI=1S/C22H26N4O4S/c1-16-9-17(2)11-18(10-16)14-31-15-22(27)24-23-13-19-12-20(26(28)29)3-4-21(19)25-5-7-30-8-6-25/h3-4,9-13H,5-8,14-15H2,1-2H3,(H,24,27)/b23-13+. The van der Waals surface area contributed by atoms with Crippen molar-refractivity contribution in [2.45, 2.75) is 19.6 Å². The fourth-order valence-corrected chi connectivity index (χ4v) is 4.23. The maximum absolute atomic E-state index is 12.1. The molecule has 3 rings (SSSR count). The first-order valence-corrected chi connectivity index (χ1v) is 11.2. The van der Waals surface area contributed by atoms with Crippen molar-refractivity contribution in [2.75, 3.05) is 37.0 Å². The van der Waals surface area contributed by atoms with Crippen molar-refractivity contribution >= 4 is 35.3 Å². The number of hydrogen-bond acceptors (Lipinski definition) is 7. The maximum Gasteiger partial charge on any atom is 0.270 e. The number of amides is 1. The number of rotatable bonds is 8. The Morgan fingerprint density at radius 1 is 1.23 bits per heavy atom. The molecule has 0 atom stereocenters. The van der Waals surface area contributed by atoms with E-state index >= 15 is 0 Å². The van der Waals surface area contributed by atoms with Gasteiger partial charge in [-0.2, -0.15) is 5.10 Å². The molecule has 1 amide bonds. The number of aryl methyl sites for hydroxylation is 2. The molecule has 0 bridgehead atoms. The number of thioether (sulfide) groups is 1. The van der Waals surface area contributed by atoms with Crippen LogP contribution in [0.2, 0.25) is 0 Å². The SMILES string of the molecule is Cc1cc(C)cc(CSCC(=O)N/N=C/c2cc([N+](=O)[O-])ccc2N2CCOCC2)c1. The fraction of sp³-hybridized carbons (Fsp3) is 0.364. The number of morpholine rings is 1. The van der Waals surface area contributed by atoms with E-state index in [1.807, 2.05) is 0 Å². The van der Waals surface area contributed by atoms with Crippen LogP contribution in [-0.2, 0) is 15.3 Å². The average molecular weight is 443 g/mol. The summed E-state index contributed by atoms with van der Waals surface area (Å²) in [6.07, 6.45) is 1.46. The zero-order chi connectivity index (χ0) is 22.2. The van der Waals surface area contributed by atoms with E-state index in [-0.39, 0.29) is 17.3 Å². The summed E-state index contributed by atoms with van der Waals surface area (Å²) in [6, 6.07) is 11.0. The number of benzene rings is 2. The average Bonchev–Trinajstić information content (AvgIpc) is 2.73. The highest BCUT2D eigenvalue weighted by atomic mass is 32.2. The number of hydrogen-bond donors (Lipinski definition) is 1. The van der Waals surface area contributed by atoms with Crippen LogP contribution in [0, 0.1) is 24.0 Å². The maximum atomic E-state index is 12.1. The van der Waals surface area contributed by atoms with E-state index in [1.165, 1.54) is 46.8 Å². The highest BCUT2D eigenvalue weighted by Crippen LogP contribution is 2.25. The molecule has 0 spiro atoms. The molecule has 1 N–H and O–H groups in total. The van der Waals surface area contributed by atoms with E-state index in [0.29, 0.717) is 31.9 Å². The molecule has 2 aromatic carbocycles. The predicted molar refractivity (Wildman–Crippen MR) is 124 cm³/mol. The van der Waals surface area contributed by atoms with Crippen LogP contribution in [-0.4, -0.2) is 49.1 Å². The molecule has 1 saturated heterocycles. The van der Waals surface area contributed by atoms with E-state index < -0.39 is 4.92 Å². The minimum absolute atomic E-state index is 0.0196. The second-order valence-electron chi connectivity index (χ2n) is 7.38. The van der Waals surface area contributed by atoms with Gasteiger partial charge in [0.25, 0.3) is 5.69 Å². The van der Waals surface area contributed by atoms with E-state index in [0.717, 1.165) is 11.4 Å². The summed E-state index contributed by atoms with van der Waals surface area (Å²) in [5, 5.41) is 15.2. The number of ether oxygens (including phenoxy) is 1. The second kappa shape index (κ2) is 10.9. The van der Waals surface area contributed by atoms with Crippen LogP contribution >= 0.6 is 11.8 Å². The van der Waals surface area contributed by atoms with Gasteiger partial charge < -0.3 is 9.64 Å². The molecular weight excluding hydrogens is 416 g/mol. The fourth-order valence-electron chi connectivity index (χ4n) is 3.47. The number of nitrogens with zero attached hydrogens (tertiary/aromatic N) is 3. The second-order valence-corrected chi connectivity index (χ2v) is 8.37. The zero-order valence-electron chi connectivity index (χ0n) is 17.7. The van der Waals surface area contributed by atoms with Gasteiger partial charge in [0.15, 0.2) is 0 Å². The van der Waals surface area contributed by atoms with Gasteiger partial charge in [0.2, 0.25) is 5.91 Å². The predicted octanol–water partition coefficient (Wildman–Crippen LogP) is 3.43. The number of nitro benzene ring substituents is 1. The first kappa shape index (κ1) is 22.8. The van der Waals surface area contributed by atoms with Gasteiger partial charge in [0.1, 0.15) is 0 Å². The third kappa shape index (κ3) is 6.80. The Morgan fingerprint density at radius 3 is 2.61 bits per heavy atom. The number of non-ortho nitro benzene ring substituents is 1. The summed E-state index contributed by atoms with van der Waals surface area (Å²) < 4.78 is 5.38. The third-order valence-electron chi connectivity index (χ3n) is 4.75. The van der Waals surface area contributed by atoms with E-state index in [1.54, 1.807) is 6.07 Å². The first-order valence-electron chi connectivity index (χ1n) is 10.0. The summed E-state index contributed by atoms with van der Waals surface area (Å²) in [7, 11) is 0. The Hall–Kier alpha value is -2.91. The molecule has 1 heterocycles. The number of nitro groups is 1. The van der Waals surface area contributed by atoms with Gasteiger partial charge in [-0.1, -0.05) is 29.3 Å². The van der Waals surface area contributed by atoms with Crippen LogP contribution in [0.15, 0.2) is 41.5 Å². The van der Waals surface area contributed by atoms with Crippen molar-refractivity contribution < 1.29 is 14.5 Å². The summed E-state index contributed by atoms with van der Waals surface area (Å²) in [5.41, 5.74) is 7.51. The lowest BCUT2D eigenvalue weighted by Crippen LogP contribution is -2.36. The number of anilines is 1. The number of hydrazone groups is 1. The third-order valence-corrected chi connectivity index (χ3v) is 5.75. The van der Waals surface area contributed by atoms with Crippen molar-refractivity contribution in [1.29, 1.82) is 0 Å². The smallest absolute Gasteiger partial charge is 0.270 e. The molecule has 164 valence electrons. The number of carbonyl (C=O) groups is 1. The molecule has 8 nitrogen and oxygen atoms in total. The van der Waals surface area contributed by atoms with Gasteiger partial charge in [0, 0.05) is 42.2 Å². The molecule has 0 radical (unpaired) electrons. The minimum atomic E-state index is -0.442. The van der Waals surface area contributed by atoms with Gasteiger partial charge in [-0.25, -0.2) is 5.43 Å². The Bertz CT molecular complexity index is 954. The highest BCUT2D eigenvalue weighted by Gasteiger charge is 2.17. The molecule has 1 fully saturated rings. The Balaban J connectivity index is 1.59. The molecule has 0 unspecified atom stereocenters.